The van der Waals surface area contributed by atoms with Crippen molar-refractivity contribution in [1.82, 2.24) is 0 Å². The van der Waals surface area contributed by atoms with Crippen LogP contribution in [0.4, 0.5) is 5.69 Å². The number of carbonyl (C=O) groups is 2. The lowest BCUT2D eigenvalue weighted by atomic mass is 10.2. The van der Waals surface area contributed by atoms with Crippen LogP contribution in [-0.2, 0) is 16.0 Å². The van der Waals surface area contributed by atoms with Crippen LogP contribution in [0, 0.1) is 6.92 Å². The van der Waals surface area contributed by atoms with Crippen molar-refractivity contribution in [3.8, 4) is 0 Å². The topological polar surface area (TPSA) is 55.4 Å². The van der Waals surface area contributed by atoms with Crippen molar-refractivity contribution in [1.29, 1.82) is 0 Å². The summed E-state index contributed by atoms with van der Waals surface area (Å²) in [4.78, 5) is 24.9. The second-order valence-electron chi connectivity index (χ2n) is 3.92. The summed E-state index contributed by atoms with van der Waals surface area (Å²) >= 11 is 2.81. The summed E-state index contributed by atoms with van der Waals surface area (Å²) in [6, 6.07) is 3.81. The van der Waals surface area contributed by atoms with Gasteiger partial charge in [-0.1, -0.05) is 6.07 Å². The van der Waals surface area contributed by atoms with Crippen LogP contribution in [0.1, 0.15) is 20.1 Å². The van der Waals surface area contributed by atoms with Gasteiger partial charge in [-0.3, -0.25) is 4.79 Å². The fraction of sp³-hybridized carbons (Fsp3) is 0.231. The number of hydrogen-bond acceptors (Lipinski definition) is 5. The predicted molar refractivity (Wildman–Crippen MR) is 77.0 cm³/mol. The Morgan fingerprint density at radius 2 is 2.16 bits per heavy atom. The number of nitrogens with one attached hydrogen (secondary N) is 1. The van der Waals surface area contributed by atoms with Crippen molar-refractivity contribution in [3.63, 3.8) is 0 Å². The van der Waals surface area contributed by atoms with Gasteiger partial charge in [-0.15, -0.1) is 22.7 Å². The molecule has 19 heavy (non-hydrogen) atoms. The molecule has 0 atom stereocenters. The van der Waals surface area contributed by atoms with Crippen molar-refractivity contribution >= 4 is 40.2 Å². The third-order valence-corrected chi connectivity index (χ3v) is 4.48. The highest BCUT2D eigenvalue weighted by atomic mass is 32.1. The molecule has 2 rings (SSSR count). The summed E-state index contributed by atoms with van der Waals surface area (Å²) in [6.45, 7) is 1.85. The molecule has 0 saturated heterocycles. The minimum Gasteiger partial charge on any atom is -0.465 e. The van der Waals surface area contributed by atoms with Gasteiger partial charge in [0.15, 0.2) is 0 Å². The van der Waals surface area contributed by atoms with Crippen LogP contribution < -0.4 is 5.32 Å². The Hall–Kier alpha value is -1.66. The largest absolute Gasteiger partial charge is 0.465 e. The third-order valence-electron chi connectivity index (χ3n) is 2.53. The molecule has 0 unspecified atom stereocenters. The first kappa shape index (κ1) is 13.8. The minimum absolute atomic E-state index is 0.130. The number of aryl methyl sites for hydroxylation is 1. The molecule has 0 saturated carbocycles. The first-order valence-electron chi connectivity index (χ1n) is 5.60. The maximum Gasteiger partial charge on any atom is 0.350 e. The monoisotopic (exact) mass is 295 g/mol. The first-order chi connectivity index (χ1) is 9.11. The number of ether oxygens (including phenoxy) is 1. The Balaban J connectivity index is 2.12. The van der Waals surface area contributed by atoms with Gasteiger partial charge in [0.05, 0.1) is 19.2 Å². The fourth-order valence-corrected chi connectivity index (χ4v) is 3.22. The molecule has 0 aromatic carbocycles. The van der Waals surface area contributed by atoms with Crippen molar-refractivity contribution < 1.29 is 14.3 Å². The second kappa shape index (κ2) is 5.99. The zero-order valence-corrected chi connectivity index (χ0v) is 12.2. The third kappa shape index (κ3) is 3.21. The molecule has 0 spiro atoms. The number of amides is 1. The molecule has 0 aliphatic rings. The van der Waals surface area contributed by atoms with Gasteiger partial charge in [0.25, 0.3) is 0 Å². The molecule has 2 heterocycles. The lowest BCUT2D eigenvalue weighted by Gasteiger charge is -2.06. The fourth-order valence-electron chi connectivity index (χ4n) is 1.60. The molecule has 0 bridgehead atoms. The lowest BCUT2D eigenvalue weighted by molar-refractivity contribution is -0.115. The van der Waals surface area contributed by atoms with Crippen LogP contribution in [-0.4, -0.2) is 19.0 Å². The zero-order valence-electron chi connectivity index (χ0n) is 10.6. The summed E-state index contributed by atoms with van der Waals surface area (Å²) in [5.41, 5.74) is 1.42. The smallest absolute Gasteiger partial charge is 0.350 e. The summed E-state index contributed by atoms with van der Waals surface area (Å²) in [7, 11) is 1.33. The van der Waals surface area contributed by atoms with Crippen molar-refractivity contribution in [3.05, 3.63) is 38.2 Å². The molecule has 2 aromatic rings. The number of esters is 1. The molecule has 0 fully saturated rings. The van der Waals surface area contributed by atoms with E-state index in [1.165, 1.54) is 29.8 Å². The highest BCUT2D eigenvalue weighted by Crippen LogP contribution is 2.28. The molecule has 0 aliphatic carbocycles. The number of thiophene rings is 2. The number of methoxy groups -OCH3 is 1. The Labute approximate surface area is 119 Å². The Morgan fingerprint density at radius 1 is 1.37 bits per heavy atom. The minimum atomic E-state index is -0.426. The Bertz CT molecular complexity index is 587. The molecule has 0 aliphatic heterocycles. The van der Waals surface area contributed by atoms with Crippen molar-refractivity contribution in [2.45, 2.75) is 13.3 Å². The van der Waals surface area contributed by atoms with Gasteiger partial charge in [0, 0.05) is 4.88 Å². The molecule has 0 radical (unpaired) electrons. The molecule has 1 amide bonds. The van der Waals surface area contributed by atoms with E-state index >= 15 is 0 Å². The predicted octanol–water partition coefficient (Wildman–Crippen LogP) is 3.09. The van der Waals surface area contributed by atoms with E-state index in [2.05, 4.69) is 5.32 Å². The SMILES string of the molecule is COC(=O)c1scc(C)c1NC(=O)Cc1cccs1. The Morgan fingerprint density at radius 3 is 2.79 bits per heavy atom. The highest BCUT2D eigenvalue weighted by molar-refractivity contribution is 7.12. The van der Waals surface area contributed by atoms with Gasteiger partial charge >= 0.3 is 5.97 Å². The lowest BCUT2D eigenvalue weighted by Crippen LogP contribution is -2.16. The van der Waals surface area contributed by atoms with Crippen LogP contribution in [0.3, 0.4) is 0 Å². The molecule has 2 aromatic heterocycles. The summed E-state index contributed by atoms with van der Waals surface area (Å²) in [5, 5.41) is 6.54. The van der Waals surface area contributed by atoms with E-state index in [1.807, 2.05) is 29.8 Å². The van der Waals surface area contributed by atoms with E-state index in [0.29, 0.717) is 17.0 Å². The van der Waals surface area contributed by atoms with E-state index in [9.17, 15) is 9.59 Å². The molecular formula is C13H13NO3S2. The molecular weight excluding hydrogens is 282 g/mol. The van der Waals surface area contributed by atoms with Crippen LogP contribution in [0.15, 0.2) is 22.9 Å². The number of carbonyl (C=O) groups excluding carboxylic acids is 2. The van der Waals surface area contributed by atoms with Crippen LogP contribution in [0.25, 0.3) is 0 Å². The first-order valence-corrected chi connectivity index (χ1v) is 7.36. The molecule has 1 N–H and O–H groups in total. The van der Waals surface area contributed by atoms with E-state index in [0.717, 1.165) is 10.4 Å². The Kier molecular flexibility index (Phi) is 4.34. The maximum atomic E-state index is 11.9. The quantitative estimate of drug-likeness (QED) is 0.882. The van der Waals surface area contributed by atoms with Crippen LogP contribution in [0.5, 0.6) is 0 Å². The normalized spacial score (nSPS) is 10.2. The number of rotatable bonds is 4. The van der Waals surface area contributed by atoms with Gasteiger partial charge in [0.1, 0.15) is 4.88 Å². The van der Waals surface area contributed by atoms with Crippen LogP contribution in [0.2, 0.25) is 0 Å². The average molecular weight is 295 g/mol. The molecule has 4 nitrogen and oxygen atoms in total. The standard InChI is InChI=1S/C13H13NO3S2/c1-8-7-19-12(13(16)17-2)11(8)14-10(15)6-9-4-3-5-18-9/h3-5,7H,6H2,1-2H3,(H,14,15). The van der Waals surface area contributed by atoms with E-state index in [1.54, 1.807) is 0 Å². The second-order valence-corrected chi connectivity index (χ2v) is 5.83. The zero-order chi connectivity index (χ0) is 13.8. The average Bonchev–Trinajstić information content (AvgIpc) is 3.00. The summed E-state index contributed by atoms with van der Waals surface area (Å²) < 4.78 is 4.70. The summed E-state index contributed by atoms with van der Waals surface area (Å²) in [5.74, 6) is -0.557. The van der Waals surface area contributed by atoms with Gasteiger partial charge < -0.3 is 10.1 Å². The van der Waals surface area contributed by atoms with E-state index < -0.39 is 5.97 Å². The highest BCUT2D eigenvalue weighted by Gasteiger charge is 2.18. The van der Waals surface area contributed by atoms with Gasteiger partial charge in [-0.25, -0.2) is 4.79 Å². The molecule has 100 valence electrons. The van der Waals surface area contributed by atoms with Crippen molar-refractivity contribution in [2.75, 3.05) is 12.4 Å². The van der Waals surface area contributed by atoms with E-state index in [4.69, 9.17) is 4.74 Å². The maximum absolute atomic E-state index is 11.9. The van der Waals surface area contributed by atoms with Gasteiger partial charge in [-0.05, 0) is 29.3 Å². The number of hydrogen-bond donors (Lipinski definition) is 1. The van der Waals surface area contributed by atoms with E-state index in [-0.39, 0.29) is 5.91 Å². The number of anilines is 1. The molecule has 6 heteroatoms. The summed E-state index contributed by atoms with van der Waals surface area (Å²) in [6.07, 6.45) is 0.313. The van der Waals surface area contributed by atoms with Gasteiger partial charge in [0.2, 0.25) is 5.91 Å². The van der Waals surface area contributed by atoms with Gasteiger partial charge in [-0.2, -0.15) is 0 Å². The van der Waals surface area contributed by atoms with Crippen molar-refractivity contribution in [2.24, 2.45) is 0 Å². The van der Waals surface area contributed by atoms with Crippen LogP contribution >= 0.6 is 22.7 Å².